The maximum Gasteiger partial charge on any atom is 0.260 e. The molecule has 50 heavy (non-hydrogen) atoms. The van der Waals surface area contributed by atoms with E-state index >= 15 is 4.79 Å². The molecule has 2 N–H and O–H groups in total. The molecule has 0 unspecified atom stereocenters. The number of nitrogens with zero attached hydrogens (tertiary/aromatic N) is 2. The molecule has 0 bridgehead atoms. The number of carbonyl (C=O) groups excluding carboxylic acids is 4. The summed E-state index contributed by atoms with van der Waals surface area (Å²) in [6, 6.07) is 28.1. The summed E-state index contributed by atoms with van der Waals surface area (Å²) in [7, 11) is 0. The molecule has 4 aliphatic rings. The van der Waals surface area contributed by atoms with Crippen molar-refractivity contribution >= 4 is 57.6 Å². The van der Waals surface area contributed by atoms with Gasteiger partial charge in [0.25, 0.3) is 11.8 Å². The van der Waals surface area contributed by atoms with Gasteiger partial charge in [0, 0.05) is 9.49 Å². The Labute approximate surface area is 304 Å². The molecule has 4 aromatic carbocycles. The molecule has 4 amide bonds. The van der Waals surface area contributed by atoms with Crippen LogP contribution in [0.1, 0.15) is 46.6 Å². The number of imide groups is 2. The van der Waals surface area contributed by atoms with Gasteiger partial charge >= 0.3 is 0 Å². The number of rotatable bonds is 5. The number of halogens is 1. The van der Waals surface area contributed by atoms with E-state index in [4.69, 9.17) is 0 Å². The van der Waals surface area contributed by atoms with E-state index < -0.39 is 35.0 Å². The summed E-state index contributed by atoms with van der Waals surface area (Å²) in [4.78, 5) is 59.9. The average Bonchev–Trinajstić information content (AvgIpc) is 3.49. The van der Waals surface area contributed by atoms with E-state index in [0.717, 1.165) is 20.3 Å². The first kappa shape index (κ1) is 32.4. The number of carbonyl (C=O) groups is 4. The van der Waals surface area contributed by atoms with Crippen molar-refractivity contribution in [3.05, 3.63) is 134 Å². The Hall–Kier alpha value is -4.77. The van der Waals surface area contributed by atoms with Gasteiger partial charge in [0.1, 0.15) is 5.75 Å². The van der Waals surface area contributed by atoms with Gasteiger partial charge < -0.3 is 5.11 Å². The van der Waals surface area contributed by atoms with E-state index in [9.17, 15) is 19.5 Å². The van der Waals surface area contributed by atoms with Crippen LogP contribution in [0.5, 0.6) is 5.75 Å². The quantitative estimate of drug-likeness (QED) is 0.127. The first-order chi connectivity index (χ1) is 24.0. The molecule has 2 aliphatic heterocycles. The second-order valence-corrected chi connectivity index (χ2v) is 15.3. The highest BCUT2D eigenvalue weighted by atomic mass is 127. The fourth-order valence-corrected chi connectivity index (χ4v) is 9.48. The minimum Gasteiger partial charge on any atom is -0.507 e. The molecule has 252 valence electrons. The number of hydrazine groups is 1. The van der Waals surface area contributed by atoms with Crippen molar-refractivity contribution in [3.63, 3.8) is 0 Å². The SMILES string of the molecule is Cc1ccc(NN2C(=O)[C@@H]3C[C@@H]4C(=CC[C@@H]5C(=O)N(c6ccc(I)cc6)C(=O)[C@@H]54)[C@H](c4cc(C)c(O)c(C)c4)[C@]3(c3ccccc3)C2=O)cc1. The highest BCUT2D eigenvalue weighted by Gasteiger charge is 2.70. The second kappa shape index (κ2) is 11.9. The van der Waals surface area contributed by atoms with Crippen LogP contribution in [-0.2, 0) is 24.6 Å². The Balaban J connectivity index is 1.33. The van der Waals surface area contributed by atoms with Gasteiger partial charge in [0.2, 0.25) is 11.8 Å². The molecule has 0 radical (unpaired) electrons. The van der Waals surface area contributed by atoms with E-state index in [2.05, 4.69) is 34.1 Å². The molecule has 8 rings (SSSR count). The van der Waals surface area contributed by atoms with E-state index in [-0.39, 0.29) is 35.8 Å². The van der Waals surface area contributed by atoms with Gasteiger partial charge in [-0.05, 0) is 121 Å². The first-order valence-corrected chi connectivity index (χ1v) is 18.0. The summed E-state index contributed by atoms with van der Waals surface area (Å²) < 4.78 is 0.992. The smallest absolute Gasteiger partial charge is 0.260 e. The van der Waals surface area contributed by atoms with E-state index in [1.54, 1.807) is 12.1 Å². The van der Waals surface area contributed by atoms with Crippen LogP contribution in [0.15, 0.2) is 103 Å². The highest BCUT2D eigenvalue weighted by Crippen LogP contribution is 2.64. The van der Waals surface area contributed by atoms with Crippen molar-refractivity contribution in [3.8, 4) is 5.75 Å². The molecule has 1 saturated carbocycles. The molecule has 0 aromatic heterocycles. The molecule has 3 fully saturated rings. The number of aryl methyl sites for hydroxylation is 3. The Morgan fingerprint density at radius 3 is 2.12 bits per heavy atom. The summed E-state index contributed by atoms with van der Waals surface area (Å²) in [5.74, 6) is -4.28. The number of hydrogen-bond acceptors (Lipinski definition) is 6. The predicted molar refractivity (Wildman–Crippen MR) is 198 cm³/mol. The average molecular weight is 778 g/mol. The fourth-order valence-electron chi connectivity index (χ4n) is 9.12. The van der Waals surface area contributed by atoms with Crippen molar-refractivity contribution in [2.24, 2.45) is 23.7 Å². The number of anilines is 2. The van der Waals surface area contributed by atoms with E-state index in [1.165, 1.54) is 9.91 Å². The van der Waals surface area contributed by atoms with Gasteiger partial charge in [-0.2, -0.15) is 5.01 Å². The lowest BCUT2D eigenvalue weighted by molar-refractivity contribution is -0.138. The van der Waals surface area contributed by atoms with Gasteiger partial charge in [-0.15, -0.1) is 0 Å². The maximum atomic E-state index is 15.3. The summed E-state index contributed by atoms with van der Waals surface area (Å²) in [5, 5.41) is 12.0. The number of amides is 4. The van der Waals surface area contributed by atoms with Gasteiger partial charge in [-0.25, -0.2) is 0 Å². The maximum absolute atomic E-state index is 15.3. The molecular formula is C41H36IN3O5. The van der Waals surface area contributed by atoms with Crippen LogP contribution >= 0.6 is 22.6 Å². The van der Waals surface area contributed by atoms with E-state index in [1.807, 2.05) is 99.6 Å². The van der Waals surface area contributed by atoms with Gasteiger partial charge in [-0.3, -0.25) is 29.5 Å². The zero-order valence-corrected chi connectivity index (χ0v) is 30.0. The lowest BCUT2D eigenvalue weighted by Gasteiger charge is -2.50. The Bertz CT molecular complexity index is 2090. The van der Waals surface area contributed by atoms with Crippen LogP contribution in [0.25, 0.3) is 0 Å². The summed E-state index contributed by atoms with van der Waals surface area (Å²) in [6.45, 7) is 5.63. The lowest BCUT2D eigenvalue weighted by atomic mass is 9.49. The standard InChI is InChI=1S/C41H36IN3O5/c1-22-9-13-28(14-10-22)43-45-38(48)33-21-32-30(17-18-31-34(32)39(49)44(37(31)47)29-15-11-27(42)12-16-29)35(25-19-23(2)36(46)24(3)20-25)41(33,40(45)50)26-7-5-4-6-8-26/h4-17,19-20,31-35,43,46H,18,21H2,1-3H3/t31-,32+,33-,34-,35-,41+/m0/s1. The number of hydrogen-bond donors (Lipinski definition) is 2. The van der Waals surface area contributed by atoms with Crippen LogP contribution in [0, 0.1) is 48.0 Å². The van der Waals surface area contributed by atoms with Crippen LogP contribution < -0.4 is 10.3 Å². The number of aromatic hydroxyl groups is 1. The molecule has 2 heterocycles. The van der Waals surface area contributed by atoms with E-state index in [0.29, 0.717) is 34.5 Å². The zero-order chi connectivity index (χ0) is 35.1. The van der Waals surface area contributed by atoms with Crippen LogP contribution in [0.4, 0.5) is 11.4 Å². The molecule has 8 nitrogen and oxygen atoms in total. The summed E-state index contributed by atoms with van der Waals surface area (Å²) in [6.07, 6.45) is 2.63. The first-order valence-electron chi connectivity index (χ1n) is 16.9. The number of phenolic OH excluding ortho intramolecular Hbond substituents is 1. The third-order valence-electron chi connectivity index (χ3n) is 11.3. The van der Waals surface area contributed by atoms with Crippen LogP contribution in [0.3, 0.4) is 0 Å². The second-order valence-electron chi connectivity index (χ2n) is 14.1. The third-order valence-corrected chi connectivity index (χ3v) is 12.0. The fraction of sp³-hybridized carbons (Fsp3) is 0.268. The Kier molecular flexibility index (Phi) is 7.74. The van der Waals surface area contributed by atoms with Crippen molar-refractivity contribution < 1.29 is 24.3 Å². The molecule has 2 aliphatic carbocycles. The Morgan fingerprint density at radius 2 is 1.46 bits per heavy atom. The van der Waals surface area contributed by atoms with Crippen molar-refractivity contribution in [2.45, 2.75) is 44.9 Å². The number of phenols is 1. The van der Waals surface area contributed by atoms with Crippen molar-refractivity contribution in [1.29, 1.82) is 0 Å². The van der Waals surface area contributed by atoms with Crippen molar-refractivity contribution in [2.75, 3.05) is 10.3 Å². The van der Waals surface area contributed by atoms with Gasteiger partial charge in [-0.1, -0.05) is 71.8 Å². The van der Waals surface area contributed by atoms with Crippen LogP contribution in [-0.4, -0.2) is 33.7 Å². The normalized spacial score (nSPS) is 27.2. The number of benzene rings is 4. The number of fused-ring (bicyclic) bond motifs is 4. The van der Waals surface area contributed by atoms with Gasteiger partial charge in [0.05, 0.1) is 34.5 Å². The number of allylic oxidation sites excluding steroid dienone is 2. The largest absolute Gasteiger partial charge is 0.507 e. The predicted octanol–water partition coefficient (Wildman–Crippen LogP) is 7.11. The molecule has 4 aromatic rings. The molecular weight excluding hydrogens is 741 g/mol. The molecule has 9 heteroatoms. The summed E-state index contributed by atoms with van der Waals surface area (Å²) in [5.41, 5.74) is 7.66. The van der Waals surface area contributed by atoms with Crippen LogP contribution in [0.2, 0.25) is 0 Å². The summed E-state index contributed by atoms with van der Waals surface area (Å²) >= 11 is 2.19. The molecule has 6 atom stereocenters. The molecule has 0 spiro atoms. The monoisotopic (exact) mass is 777 g/mol. The highest BCUT2D eigenvalue weighted by molar-refractivity contribution is 14.1. The minimum absolute atomic E-state index is 0.172. The molecule has 2 saturated heterocycles. The minimum atomic E-state index is -1.36. The van der Waals surface area contributed by atoms with Crippen molar-refractivity contribution in [1.82, 2.24) is 5.01 Å². The zero-order valence-electron chi connectivity index (χ0n) is 27.9. The third kappa shape index (κ3) is 4.69. The number of nitrogens with one attached hydrogen (secondary N) is 1. The lowest BCUT2D eigenvalue weighted by Crippen LogP contribution is -2.53. The topological polar surface area (TPSA) is 107 Å². The Morgan fingerprint density at radius 1 is 0.800 bits per heavy atom. The van der Waals surface area contributed by atoms with Gasteiger partial charge in [0.15, 0.2) is 0 Å².